The Bertz CT molecular complexity index is 1100. The molecule has 1 aliphatic carbocycles. The van der Waals surface area contributed by atoms with Gasteiger partial charge in [0.2, 0.25) is 0 Å². The number of aliphatic hydroxyl groups is 2. The van der Waals surface area contributed by atoms with Crippen LogP contribution in [0.25, 0.3) is 11.8 Å². The van der Waals surface area contributed by atoms with Crippen LogP contribution < -0.4 is 0 Å². The molecule has 2 heterocycles. The number of benzene rings is 1. The van der Waals surface area contributed by atoms with Gasteiger partial charge in [-0.3, -0.25) is 4.98 Å². The zero-order valence-electron chi connectivity index (χ0n) is 18.0. The van der Waals surface area contributed by atoms with Gasteiger partial charge >= 0.3 is 0 Å². The van der Waals surface area contributed by atoms with Crippen molar-refractivity contribution in [1.82, 2.24) is 14.8 Å². The molecule has 0 saturated heterocycles. The Hall–Kier alpha value is -2.90. The van der Waals surface area contributed by atoms with Crippen molar-refractivity contribution in [2.75, 3.05) is 6.61 Å². The van der Waals surface area contributed by atoms with Gasteiger partial charge in [0, 0.05) is 12.8 Å². The standard InChI is InChI=1S/C25H27F2N3O2/c1-17-13-18-15-29-30(20-9-7-19(26)8-10-20)22(18)6-2-3-11-25(17,16-31)14-23(32)24-21(27)5-4-12-28-24/h2,4-10,12,15,17,23,31-32H,3,11,13-14,16H2,1H3. The summed E-state index contributed by atoms with van der Waals surface area (Å²) in [4.78, 5) is 4.01. The molecule has 7 heteroatoms. The van der Waals surface area contributed by atoms with Gasteiger partial charge in [-0.25, -0.2) is 13.5 Å². The largest absolute Gasteiger partial charge is 0.396 e. The molecule has 3 aromatic rings. The van der Waals surface area contributed by atoms with Gasteiger partial charge < -0.3 is 10.2 Å². The highest BCUT2D eigenvalue weighted by Crippen LogP contribution is 2.43. The van der Waals surface area contributed by atoms with Crippen LogP contribution in [0.1, 0.15) is 49.2 Å². The third-order valence-electron chi connectivity index (χ3n) is 6.63. The van der Waals surface area contributed by atoms with Gasteiger partial charge in [-0.05, 0) is 85.1 Å². The van der Waals surface area contributed by atoms with E-state index < -0.39 is 17.3 Å². The van der Waals surface area contributed by atoms with E-state index in [1.165, 1.54) is 30.5 Å². The lowest BCUT2D eigenvalue weighted by Crippen LogP contribution is -2.36. The van der Waals surface area contributed by atoms with Gasteiger partial charge in [-0.15, -0.1) is 0 Å². The summed E-state index contributed by atoms with van der Waals surface area (Å²) in [5.41, 5.74) is 2.06. The number of nitrogens with zero attached hydrogens (tertiary/aromatic N) is 3. The summed E-state index contributed by atoms with van der Waals surface area (Å²) in [5, 5.41) is 25.7. The summed E-state index contributed by atoms with van der Waals surface area (Å²) < 4.78 is 29.3. The van der Waals surface area contributed by atoms with E-state index in [-0.39, 0.29) is 30.5 Å². The Labute approximate surface area is 186 Å². The molecule has 5 nitrogen and oxygen atoms in total. The molecule has 1 aliphatic rings. The van der Waals surface area contributed by atoms with Crippen molar-refractivity contribution in [3.63, 3.8) is 0 Å². The third kappa shape index (κ3) is 4.36. The lowest BCUT2D eigenvalue weighted by atomic mass is 9.68. The second-order valence-electron chi connectivity index (χ2n) is 8.60. The normalized spacial score (nSPS) is 22.0. The maximum Gasteiger partial charge on any atom is 0.147 e. The summed E-state index contributed by atoms with van der Waals surface area (Å²) in [6.45, 7) is 1.91. The van der Waals surface area contributed by atoms with Crippen molar-refractivity contribution < 1.29 is 19.0 Å². The van der Waals surface area contributed by atoms with E-state index in [1.54, 1.807) is 23.0 Å². The number of hydrogen-bond acceptors (Lipinski definition) is 4. The molecule has 4 rings (SSSR count). The summed E-state index contributed by atoms with van der Waals surface area (Å²) >= 11 is 0. The van der Waals surface area contributed by atoms with Crippen LogP contribution in [0.3, 0.4) is 0 Å². The van der Waals surface area contributed by atoms with E-state index in [0.29, 0.717) is 19.3 Å². The Morgan fingerprint density at radius 2 is 2.00 bits per heavy atom. The molecule has 168 valence electrons. The maximum atomic E-state index is 14.2. The number of hydrogen-bond donors (Lipinski definition) is 2. The Kier molecular flexibility index (Phi) is 6.48. The second-order valence-corrected chi connectivity index (χ2v) is 8.60. The molecular formula is C25H27F2N3O2. The number of pyridine rings is 1. The summed E-state index contributed by atoms with van der Waals surface area (Å²) in [6.07, 6.45) is 8.30. The Morgan fingerprint density at radius 1 is 1.22 bits per heavy atom. The van der Waals surface area contributed by atoms with Crippen LogP contribution in [0.5, 0.6) is 0 Å². The smallest absolute Gasteiger partial charge is 0.147 e. The molecular weight excluding hydrogens is 412 g/mol. The molecule has 3 atom stereocenters. The van der Waals surface area contributed by atoms with Crippen molar-refractivity contribution in [2.45, 2.75) is 38.7 Å². The summed E-state index contributed by atoms with van der Waals surface area (Å²) in [5.74, 6) is -0.870. The van der Waals surface area contributed by atoms with E-state index in [9.17, 15) is 19.0 Å². The molecule has 0 radical (unpaired) electrons. The predicted octanol–water partition coefficient (Wildman–Crippen LogP) is 4.63. The first kappa shape index (κ1) is 22.3. The lowest BCUT2D eigenvalue weighted by molar-refractivity contribution is 0.00154. The molecule has 0 bridgehead atoms. The van der Waals surface area contributed by atoms with E-state index >= 15 is 0 Å². The zero-order chi connectivity index (χ0) is 22.7. The molecule has 0 fully saturated rings. The van der Waals surface area contributed by atoms with Crippen LogP contribution in [-0.4, -0.2) is 31.6 Å². The fourth-order valence-electron chi connectivity index (χ4n) is 4.60. The van der Waals surface area contributed by atoms with Crippen molar-refractivity contribution in [3.8, 4) is 5.69 Å². The van der Waals surface area contributed by atoms with Gasteiger partial charge in [0.25, 0.3) is 0 Å². The highest BCUT2D eigenvalue weighted by molar-refractivity contribution is 5.53. The fourth-order valence-corrected chi connectivity index (χ4v) is 4.60. The molecule has 32 heavy (non-hydrogen) atoms. The predicted molar refractivity (Wildman–Crippen MR) is 118 cm³/mol. The van der Waals surface area contributed by atoms with E-state index in [2.05, 4.69) is 10.1 Å². The van der Waals surface area contributed by atoms with Crippen LogP contribution in [0.2, 0.25) is 0 Å². The number of allylic oxidation sites excluding steroid dienone is 1. The number of fused-ring (bicyclic) bond motifs is 1. The minimum atomic E-state index is -1.11. The average Bonchev–Trinajstić information content (AvgIpc) is 3.20. The van der Waals surface area contributed by atoms with Crippen LogP contribution in [0.4, 0.5) is 8.78 Å². The highest BCUT2D eigenvalue weighted by atomic mass is 19.1. The number of aromatic nitrogens is 3. The lowest BCUT2D eigenvalue weighted by Gasteiger charge is -2.39. The SMILES string of the molecule is CC1Cc2cnn(-c3ccc(F)cc3)c2C=CCCC1(CO)CC(O)c1ncccc1F. The van der Waals surface area contributed by atoms with Crippen molar-refractivity contribution in [1.29, 1.82) is 0 Å². The molecule has 2 N–H and O–H groups in total. The first-order chi connectivity index (χ1) is 15.4. The van der Waals surface area contributed by atoms with Gasteiger partial charge in [0.1, 0.15) is 17.3 Å². The number of aliphatic hydroxyl groups excluding tert-OH is 2. The Balaban J connectivity index is 1.64. The molecule has 0 aliphatic heterocycles. The first-order valence-electron chi connectivity index (χ1n) is 10.8. The van der Waals surface area contributed by atoms with Gasteiger partial charge in [0.05, 0.1) is 23.7 Å². The maximum absolute atomic E-state index is 14.2. The van der Waals surface area contributed by atoms with Crippen LogP contribution in [0.15, 0.2) is 54.9 Å². The quantitative estimate of drug-likeness (QED) is 0.608. The molecule has 0 spiro atoms. The molecule has 0 amide bonds. The first-order valence-corrected chi connectivity index (χ1v) is 10.8. The van der Waals surface area contributed by atoms with Crippen molar-refractivity contribution in [2.24, 2.45) is 11.3 Å². The average molecular weight is 440 g/mol. The molecule has 3 unspecified atom stereocenters. The minimum absolute atomic E-state index is 0.00718. The molecule has 1 aromatic carbocycles. The second kappa shape index (κ2) is 9.30. The van der Waals surface area contributed by atoms with Crippen LogP contribution in [0, 0.1) is 23.0 Å². The van der Waals surface area contributed by atoms with Crippen LogP contribution >= 0.6 is 0 Å². The third-order valence-corrected chi connectivity index (χ3v) is 6.63. The van der Waals surface area contributed by atoms with E-state index in [1.807, 2.05) is 19.1 Å². The number of halogens is 2. The van der Waals surface area contributed by atoms with Crippen molar-refractivity contribution in [3.05, 3.63) is 83.5 Å². The fraction of sp³-hybridized carbons (Fsp3) is 0.360. The van der Waals surface area contributed by atoms with Gasteiger partial charge in [0.15, 0.2) is 0 Å². The van der Waals surface area contributed by atoms with Gasteiger partial charge in [-0.1, -0.05) is 13.0 Å². The molecule has 0 saturated carbocycles. The highest BCUT2D eigenvalue weighted by Gasteiger charge is 2.39. The van der Waals surface area contributed by atoms with Gasteiger partial charge in [-0.2, -0.15) is 5.10 Å². The monoisotopic (exact) mass is 439 g/mol. The van der Waals surface area contributed by atoms with E-state index in [4.69, 9.17) is 0 Å². The zero-order valence-corrected chi connectivity index (χ0v) is 18.0. The van der Waals surface area contributed by atoms with E-state index in [0.717, 1.165) is 16.9 Å². The van der Waals surface area contributed by atoms with Crippen molar-refractivity contribution >= 4 is 6.08 Å². The topological polar surface area (TPSA) is 71.2 Å². The summed E-state index contributed by atoms with van der Waals surface area (Å²) in [7, 11) is 0. The number of rotatable bonds is 5. The summed E-state index contributed by atoms with van der Waals surface area (Å²) in [6, 6.07) is 8.94. The Morgan fingerprint density at radius 3 is 2.72 bits per heavy atom. The molecule has 2 aromatic heterocycles. The minimum Gasteiger partial charge on any atom is -0.396 e. The van der Waals surface area contributed by atoms with Crippen LogP contribution in [-0.2, 0) is 6.42 Å².